The number of esters is 1. The van der Waals surface area contributed by atoms with Gasteiger partial charge in [0.05, 0.1) is 7.11 Å². The van der Waals surface area contributed by atoms with Crippen molar-refractivity contribution in [2.75, 3.05) is 7.11 Å². The van der Waals surface area contributed by atoms with Crippen LogP contribution in [0.1, 0.15) is 11.5 Å². The molecule has 0 fully saturated rings. The Balaban J connectivity index is 1.60. The van der Waals surface area contributed by atoms with Crippen molar-refractivity contribution in [1.82, 2.24) is 10.1 Å². The predicted molar refractivity (Wildman–Crippen MR) is 99.2 cm³/mol. The predicted octanol–water partition coefficient (Wildman–Crippen LogP) is 4.40. The molecule has 0 radical (unpaired) electrons. The Morgan fingerprint density at radius 2 is 2.15 bits per heavy atom. The highest BCUT2D eigenvalue weighted by Gasteiger charge is 2.11. The minimum atomic E-state index is -0.657. The third kappa shape index (κ3) is 5.01. The SMILES string of the molecule is COc1cccc(-c2noc(COC(=O)/C=C/c3cc(Br)ccc3F)n2)c1. The van der Waals surface area contributed by atoms with Crippen LogP contribution in [0.4, 0.5) is 4.39 Å². The van der Waals surface area contributed by atoms with Crippen LogP contribution in [0.2, 0.25) is 0 Å². The Hall–Kier alpha value is -3.00. The average Bonchev–Trinajstić information content (AvgIpc) is 3.16. The summed E-state index contributed by atoms with van der Waals surface area (Å²) < 4.78 is 29.6. The topological polar surface area (TPSA) is 74.5 Å². The molecule has 0 aliphatic carbocycles. The van der Waals surface area contributed by atoms with Crippen LogP contribution in [0.15, 0.2) is 57.5 Å². The van der Waals surface area contributed by atoms with E-state index in [1.165, 1.54) is 12.1 Å². The summed E-state index contributed by atoms with van der Waals surface area (Å²) in [6.45, 7) is -0.193. The van der Waals surface area contributed by atoms with Gasteiger partial charge in [0.1, 0.15) is 11.6 Å². The summed E-state index contributed by atoms with van der Waals surface area (Å²) in [4.78, 5) is 16.0. The third-order valence-electron chi connectivity index (χ3n) is 3.49. The number of carbonyl (C=O) groups is 1. The number of methoxy groups -OCH3 is 1. The van der Waals surface area contributed by atoms with Gasteiger partial charge in [-0.2, -0.15) is 4.98 Å². The number of benzene rings is 2. The second-order valence-corrected chi connectivity index (χ2v) is 6.27. The van der Waals surface area contributed by atoms with Crippen LogP contribution in [0, 0.1) is 5.82 Å². The van der Waals surface area contributed by atoms with Gasteiger partial charge in [0.2, 0.25) is 5.82 Å². The maximum Gasteiger partial charge on any atom is 0.331 e. The van der Waals surface area contributed by atoms with Crippen molar-refractivity contribution >= 4 is 28.0 Å². The summed E-state index contributed by atoms with van der Waals surface area (Å²) in [5, 5.41) is 3.85. The first kappa shape index (κ1) is 18.8. The van der Waals surface area contributed by atoms with E-state index in [4.69, 9.17) is 14.0 Å². The van der Waals surface area contributed by atoms with Gasteiger partial charge in [-0.3, -0.25) is 0 Å². The standard InChI is InChI=1S/C19H14BrFN2O4/c1-25-15-4-2-3-13(10-15)19-22-17(27-23-19)11-26-18(24)8-5-12-9-14(20)6-7-16(12)21/h2-10H,11H2,1H3/b8-5+. The Morgan fingerprint density at radius 1 is 1.30 bits per heavy atom. The summed E-state index contributed by atoms with van der Waals surface area (Å²) in [5.74, 6) is 0.0580. The molecular weight excluding hydrogens is 419 g/mol. The quantitative estimate of drug-likeness (QED) is 0.424. The zero-order chi connectivity index (χ0) is 19.2. The number of nitrogens with zero attached hydrogens (tertiary/aromatic N) is 2. The molecule has 3 rings (SSSR count). The summed E-state index contributed by atoms with van der Waals surface area (Å²) in [7, 11) is 1.56. The highest BCUT2D eigenvalue weighted by atomic mass is 79.9. The number of halogens is 2. The van der Waals surface area contributed by atoms with E-state index in [-0.39, 0.29) is 18.1 Å². The fraction of sp³-hybridized carbons (Fsp3) is 0.105. The zero-order valence-electron chi connectivity index (χ0n) is 14.2. The van der Waals surface area contributed by atoms with Crippen molar-refractivity contribution in [3.05, 3.63) is 70.3 Å². The van der Waals surface area contributed by atoms with Crippen molar-refractivity contribution in [3.63, 3.8) is 0 Å². The highest BCUT2D eigenvalue weighted by Crippen LogP contribution is 2.21. The van der Waals surface area contributed by atoms with E-state index >= 15 is 0 Å². The van der Waals surface area contributed by atoms with Crippen molar-refractivity contribution in [3.8, 4) is 17.1 Å². The van der Waals surface area contributed by atoms with Gasteiger partial charge in [0, 0.05) is 21.7 Å². The van der Waals surface area contributed by atoms with Crippen molar-refractivity contribution in [2.45, 2.75) is 6.61 Å². The van der Waals surface area contributed by atoms with Crippen molar-refractivity contribution < 1.29 is 23.2 Å². The van der Waals surface area contributed by atoms with Gasteiger partial charge in [-0.05, 0) is 36.4 Å². The molecule has 0 saturated carbocycles. The fourth-order valence-corrected chi connectivity index (χ4v) is 2.55. The van der Waals surface area contributed by atoms with Gasteiger partial charge in [-0.1, -0.05) is 33.2 Å². The van der Waals surface area contributed by atoms with E-state index in [1.807, 2.05) is 0 Å². The van der Waals surface area contributed by atoms with E-state index in [0.717, 1.165) is 6.08 Å². The molecule has 3 aromatic rings. The molecule has 0 unspecified atom stereocenters. The van der Waals surface area contributed by atoms with Crippen molar-refractivity contribution in [1.29, 1.82) is 0 Å². The van der Waals surface area contributed by atoms with Crippen LogP contribution in [0.25, 0.3) is 17.5 Å². The molecule has 2 aromatic carbocycles. The third-order valence-corrected chi connectivity index (χ3v) is 3.98. The molecule has 0 aliphatic rings. The number of hydrogen-bond acceptors (Lipinski definition) is 6. The summed E-state index contributed by atoms with van der Waals surface area (Å²) in [6.07, 6.45) is 2.46. The maximum absolute atomic E-state index is 13.6. The monoisotopic (exact) mass is 432 g/mol. The molecule has 0 atom stereocenters. The normalized spacial score (nSPS) is 10.9. The Morgan fingerprint density at radius 3 is 2.96 bits per heavy atom. The average molecular weight is 433 g/mol. The molecular formula is C19H14BrFN2O4. The molecule has 6 nitrogen and oxygen atoms in total. The first-order valence-corrected chi connectivity index (χ1v) is 8.61. The van der Waals surface area contributed by atoms with E-state index < -0.39 is 11.8 Å². The molecule has 8 heteroatoms. The molecule has 1 heterocycles. The number of ether oxygens (including phenoxy) is 2. The number of aromatic nitrogens is 2. The van der Waals surface area contributed by atoms with Gasteiger partial charge >= 0.3 is 5.97 Å². The lowest BCUT2D eigenvalue weighted by atomic mass is 10.2. The fourth-order valence-electron chi connectivity index (χ4n) is 2.17. The second-order valence-electron chi connectivity index (χ2n) is 5.35. The maximum atomic E-state index is 13.6. The molecule has 0 bridgehead atoms. The van der Waals surface area contributed by atoms with E-state index in [9.17, 15) is 9.18 Å². The molecule has 138 valence electrons. The van der Waals surface area contributed by atoms with E-state index in [2.05, 4.69) is 26.1 Å². The number of carbonyl (C=O) groups excluding carboxylic acids is 1. The smallest absolute Gasteiger partial charge is 0.331 e. The van der Waals surface area contributed by atoms with Crippen LogP contribution in [-0.2, 0) is 16.1 Å². The number of hydrogen-bond donors (Lipinski definition) is 0. The first-order chi connectivity index (χ1) is 13.0. The van der Waals surface area contributed by atoms with E-state index in [0.29, 0.717) is 21.6 Å². The summed E-state index contributed by atoms with van der Waals surface area (Å²) in [6, 6.07) is 11.6. The zero-order valence-corrected chi connectivity index (χ0v) is 15.8. The van der Waals surface area contributed by atoms with Crippen LogP contribution in [0.5, 0.6) is 5.75 Å². The molecule has 27 heavy (non-hydrogen) atoms. The van der Waals surface area contributed by atoms with Crippen LogP contribution >= 0.6 is 15.9 Å². The second kappa shape index (κ2) is 8.59. The molecule has 0 saturated heterocycles. The van der Waals surface area contributed by atoms with Crippen LogP contribution in [-0.4, -0.2) is 23.2 Å². The first-order valence-electron chi connectivity index (χ1n) is 7.82. The van der Waals surface area contributed by atoms with E-state index in [1.54, 1.807) is 43.5 Å². The van der Waals surface area contributed by atoms with Gasteiger partial charge in [0.25, 0.3) is 5.89 Å². The van der Waals surface area contributed by atoms with Crippen LogP contribution < -0.4 is 4.74 Å². The molecule has 0 aliphatic heterocycles. The Kier molecular flexibility index (Phi) is 5.97. The lowest BCUT2D eigenvalue weighted by Gasteiger charge is -2.00. The molecule has 0 amide bonds. The lowest BCUT2D eigenvalue weighted by molar-refractivity contribution is -0.139. The van der Waals surface area contributed by atoms with Crippen LogP contribution in [0.3, 0.4) is 0 Å². The summed E-state index contributed by atoms with van der Waals surface area (Å²) >= 11 is 3.24. The van der Waals surface area contributed by atoms with Gasteiger partial charge in [0.15, 0.2) is 6.61 Å². The molecule has 1 aromatic heterocycles. The summed E-state index contributed by atoms with van der Waals surface area (Å²) in [5.41, 5.74) is 0.972. The largest absolute Gasteiger partial charge is 0.497 e. The van der Waals surface area contributed by atoms with Gasteiger partial charge < -0.3 is 14.0 Å². The van der Waals surface area contributed by atoms with Crippen molar-refractivity contribution in [2.24, 2.45) is 0 Å². The highest BCUT2D eigenvalue weighted by molar-refractivity contribution is 9.10. The molecule has 0 spiro atoms. The number of rotatable bonds is 6. The van der Waals surface area contributed by atoms with Gasteiger partial charge in [-0.25, -0.2) is 9.18 Å². The molecule has 0 N–H and O–H groups in total. The minimum absolute atomic E-state index is 0.142. The lowest BCUT2D eigenvalue weighted by Crippen LogP contribution is -2.01. The Bertz CT molecular complexity index is 987. The van der Waals surface area contributed by atoms with Gasteiger partial charge in [-0.15, -0.1) is 0 Å². The Labute approximate surface area is 162 Å². The minimum Gasteiger partial charge on any atom is -0.497 e.